The van der Waals surface area contributed by atoms with Gasteiger partial charge < -0.3 is 10.1 Å². The molecule has 2 unspecified atom stereocenters. The number of esters is 1. The van der Waals surface area contributed by atoms with Gasteiger partial charge in [0.15, 0.2) is 0 Å². The summed E-state index contributed by atoms with van der Waals surface area (Å²) in [5.41, 5.74) is 0. The van der Waals surface area contributed by atoms with Gasteiger partial charge in [-0.1, -0.05) is 27.2 Å². The first-order valence-corrected chi connectivity index (χ1v) is 7.02. The van der Waals surface area contributed by atoms with E-state index in [1.165, 1.54) is 12.8 Å². The van der Waals surface area contributed by atoms with Crippen LogP contribution in [0.2, 0.25) is 0 Å². The summed E-state index contributed by atoms with van der Waals surface area (Å²) in [5.74, 6) is 0.696. The van der Waals surface area contributed by atoms with Crippen molar-refractivity contribution in [1.29, 1.82) is 0 Å². The summed E-state index contributed by atoms with van der Waals surface area (Å²) in [6.45, 7) is 9.98. The summed E-state index contributed by atoms with van der Waals surface area (Å²) in [5, 5.41) is 3.52. The van der Waals surface area contributed by atoms with E-state index in [-0.39, 0.29) is 5.97 Å². The third kappa shape index (κ3) is 9.16. The second-order valence-electron chi connectivity index (χ2n) is 4.72. The second kappa shape index (κ2) is 10.6. The van der Waals surface area contributed by atoms with Gasteiger partial charge in [0.1, 0.15) is 0 Å². The molecule has 0 saturated carbocycles. The highest BCUT2D eigenvalue weighted by Gasteiger charge is 2.09. The minimum Gasteiger partial charge on any atom is -0.466 e. The molecule has 17 heavy (non-hydrogen) atoms. The average Bonchev–Trinajstić information content (AvgIpc) is 2.33. The van der Waals surface area contributed by atoms with Crippen molar-refractivity contribution >= 4 is 5.97 Å². The molecule has 0 aromatic carbocycles. The molecule has 0 aromatic rings. The van der Waals surface area contributed by atoms with E-state index >= 15 is 0 Å². The van der Waals surface area contributed by atoms with Crippen LogP contribution in [-0.4, -0.2) is 25.2 Å². The van der Waals surface area contributed by atoms with E-state index in [4.69, 9.17) is 4.74 Å². The highest BCUT2D eigenvalue weighted by Crippen LogP contribution is 2.11. The molecule has 0 fully saturated rings. The number of carbonyl (C=O) groups excluding carboxylic acids is 1. The van der Waals surface area contributed by atoms with Crippen LogP contribution in [0.15, 0.2) is 0 Å². The van der Waals surface area contributed by atoms with Crippen molar-refractivity contribution in [1.82, 2.24) is 5.32 Å². The Kier molecular flexibility index (Phi) is 10.2. The van der Waals surface area contributed by atoms with Crippen LogP contribution in [0.3, 0.4) is 0 Å². The van der Waals surface area contributed by atoms with Crippen LogP contribution in [0.4, 0.5) is 0 Å². The Hall–Kier alpha value is -0.570. The molecule has 0 aliphatic carbocycles. The van der Waals surface area contributed by atoms with Crippen LogP contribution in [0.25, 0.3) is 0 Å². The Labute approximate surface area is 106 Å². The van der Waals surface area contributed by atoms with Crippen LogP contribution in [0.5, 0.6) is 0 Å². The minimum absolute atomic E-state index is 0.0794. The predicted molar refractivity (Wildman–Crippen MR) is 72.0 cm³/mol. The minimum atomic E-state index is -0.0794. The van der Waals surface area contributed by atoms with Crippen molar-refractivity contribution in [3.63, 3.8) is 0 Å². The summed E-state index contributed by atoms with van der Waals surface area (Å²) in [6, 6.07) is 0.590. The number of carbonyl (C=O) groups is 1. The molecule has 0 amide bonds. The smallest absolute Gasteiger partial charge is 0.305 e. The number of ether oxygens (including phenoxy) is 1. The third-order valence-corrected chi connectivity index (χ3v) is 3.17. The van der Waals surface area contributed by atoms with Crippen LogP contribution in [0.1, 0.15) is 59.8 Å². The molecule has 0 aromatic heterocycles. The average molecular weight is 243 g/mol. The zero-order valence-corrected chi connectivity index (χ0v) is 11.9. The Balaban J connectivity index is 3.59. The fourth-order valence-electron chi connectivity index (χ4n) is 1.82. The second-order valence-corrected chi connectivity index (χ2v) is 4.72. The quantitative estimate of drug-likeness (QED) is 0.473. The molecule has 0 rings (SSSR count). The number of rotatable bonds is 10. The molecular formula is C14H29NO2. The molecule has 0 aliphatic heterocycles. The van der Waals surface area contributed by atoms with E-state index in [0.717, 1.165) is 25.3 Å². The summed E-state index contributed by atoms with van der Waals surface area (Å²) in [7, 11) is 0. The molecule has 2 atom stereocenters. The van der Waals surface area contributed by atoms with E-state index in [2.05, 4.69) is 26.1 Å². The van der Waals surface area contributed by atoms with Crippen molar-refractivity contribution in [2.75, 3.05) is 13.2 Å². The third-order valence-electron chi connectivity index (χ3n) is 3.17. The van der Waals surface area contributed by atoms with Crippen molar-refractivity contribution in [2.24, 2.45) is 5.92 Å². The maximum atomic E-state index is 11.1. The normalized spacial score (nSPS) is 14.4. The van der Waals surface area contributed by atoms with E-state index < -0.39 is 0 Å². The Morgan fingerprint density at radius 1 is 1.24 bits per heavy atom. The summed E-state index contributed by atoms with van der Waals surface area (Å²) in [4.78, 5) is 11.1. The van der Waals surface area contributed by atoms with Gasteiger partial charge >= 0.3 is 5.97 Å². The fraction of sp³-hybridized carbons (Fsp3) is 0.929. The molecule has 1 N–H and O–H groups in total. The van der Waals surface area contributed by atoms with E-state index in [9.17, 15) is 4.79 Å². The molecule has 0 saturated heterocycles. The standard InChI is InChI=1S/C14H29NO2/c1-5-12(4)11-13(6-2)15-10-8-9-14(16)17-7-3/h12-13,15H,5-11H2,1-4H3. The van der Waals surface area contributed by atoms with Crippen molar-refractivity contribution in [3.8, 4) is 0 Å². The first kappa shape index (κ1) is 16.4. The highest BCUT2D eigenvalue weighted by molar-refractivity contribution is 5.69. The van der Waals surface area contributed by atoms with Gasteiger partial charge in [-0.2, -0.15) is 0 Å². The lowest BCUT2D eigenvalue weighted by atomic mass is 9.98. The van der Waals surface area contributed by atoms with Gasteiger partial charge in [-0.25, -0.2) is 0 Å². The monoisotopic (exact) mass is 243 g/mol. The number of hydrogen-bond donors (Lipinski definition) is 1. The van der Waals surface area contributed by atoms with Crippen molar-refractivity contribution in [2.45, 2.75) is 65.8 Å². The lowest BCUT2D eigenvalue weighted by Crippen LogP contribution is -2.31. The first-order chi connectivity index (χ1) is 8.13. The first-order valence-electron chi connectivity index (χ1n) is 7.02. The van der Waals surface area contributed by atoms with Gasteiger partial charge in [-0.3, -0.25) is 4.79 Å². The molecule has 0 heterocycles. The highest BCUT2D eigenvalue weighted by atomic mass is 16.5. The van der Waals surface area contributed by atoms with Crippen molar-refractivity contribution < 1.29 is 9.53 Å². The lowest BCUT2D eigenvalue weighted by Gasteiger charge is -2.20. The largest absolute Gasteiger partial charge is 0.466 e. The van der Waals surface area contributed by atoms with E-state index in [1.807, 2.05) is 6.92 Å². The Bertz CT molecular complexity index is 195. The van der Waals surface area contributed by atoms with Gasteiger partial charge in [0.05, 0.1) is 6.61 Å². The molecule has 0 radical (unpaired) electrons. The zero-order valence-electron chi connectivity index (χ0n) is 11.9. The van der Waals surface area contributed by atoms with E-state index in [1.54, 1.807) is 0 Å². The molecular weight excluding hydrogens is 214 g/mol. The fourth-order valence-corrected chi connectivity index (χ4v) is 1.82. The predicted octanol–water partition coefficient (Wildman–Crippen LogP) is 3.13. The van der Waals surface area contributed by atoms with Gasteiger partial charge in [0.2, 0.25) is 0 Å². The van der Waals surface area contributed by atoms with Gasteiger partial charge in [0, 0.05) is 12.5 Å². The Morgan fingerprint density at radius 2 is 1.94 bits per heavy atom. The maximum absolute atomic E-state index is 11.1. The van der Waals surface area contributed by atoms with Crippen LogP contribution in [0, 0.1) is 5.92 Å². The Morgan fingerprint density at radius 3 is 2.47 bits per heavy atom. The number of hydrogen-bond acceptors (Lipinski definition) is 3. The maximum Gasteiger partial charge on any atom is 0.305 e. The molecule has 3 nitrogen and oxygen atoms in total. The molecule has 0 aliphatic rings. The summed E-state index contributed by atoms with van der Waals surface area (Å²) in [6.07, 6.45) is 5.02. The number of nitrogens with one attached hydrogen (secondary N) is 1. The van der Waals surface area contributed by atoms with Crippen LogP contribution < -0.4 is 5.32 Å². The SMILES string of the molecule is CCOC(=O)CCCNC(CC)CC(C)CC. The van der Waals surface area contributed by atoms with Crippen molar-refractivity contribution in [3.05, 3.63) is 0 Å². The zero-order chi connectivity index (χ0) is 13.1. The van der Waals surface area contributed by atoms with Gasteiger partial charge in [0.25, 0.3) is 0 Å². The molecule has 3 heteroatoms. The topological polar surface area (TPSA) is 38.3 Å². The van der Waals surface area contributed by atoms with Crippen LogP contribution >= 0.6 is 0 Å². The lowest BCUT2D eigenvalue weighted by molar-refractivity contribution is -0.143. The van der Waals surface area contributed by atoms with Gasteiger partial charge in [-0.15, -0.1) is 0 Å². The van der Waals surface area contributed by atoms with E-state index in [0.29, 0.717) is 19.1 Å². The molecule has 0 spiro atoms. The van der Waals surface area contributed by atoms with Gasteiger partial charge in [-0.05, 0) is 38.6 Å². The summed E-state index contributed by atoms with van der Waals surface area (Å²) < 4.78 is 4.89. The molecule has 0 bridgehead atoms. The van der Waals surface area contributed by atoms with Crippen LogP contribution in [-0.2, 0) is 9.53 Å². The molecule has 102 valence electrons. The summed E-state index contributed by atoms with van der Waals surface area (Å²) >= 11 is 0.